The second-order valence-corrected chi connectivity index (χ2v) is 2.01. The number of rotatable bonds is 2. The number of esters is 1. The van der Waals surface area contributed by atoms with Crippen LogP contribution in [0.15, 0.2) is 18.6 Å². The fraction of sp³-hybridized carbons (Fsp3) is 0.286. The molecule has 0 atom stereocenters. The highest BCUT2D eigenvalue weighted by atomic mass is 16.5. The molecule has 5 heteroatoms. The highest BCUT2D eigenvalue weighted by Gasteiger charge is 2.16. The van der Waals surface area contributed by atoms with E-state index in [4.69, 9.17) is 0 Å². The highest BCUT2D eigenvalue weighted by molar-refractivity contribution is 5.85. The van der Waals surface area contributed by atoms with Gasteiger partial charge in [0, 0.05) is 0 Å². The fourth-order valence-electron chi connectivity index (χ4n) is 0.698. The van der Waals surface area contributed by atoms with Crippen molar-refractivity contribution in [2.45, 2.75) is 6.92 Å². The monoisotopic (exact) mass is 168 g/mol. The number of ether oxygens (including phenoxy) is 1. The van der Waals surface area contributed by atoms with Crippen molar-refractivity contribution in [3.63, 3.8) is 0 Å². The number of carbonyl (C=O) groups excluding carboxylic acids is 1. The minimum absolute atomic E-state index is 0.0978. The van der Waals surface area contributed by atoms with Gasteiger partial charge in [0.05, 0.1) is 12.8 Å². The summed E-state index contributed by atoms with van der Waals surface area (Å²) in [4.78, 5) is 14.6. The Labute approximate surface area is 69.2 Å². The molecule has 0 N–H and O–H groups in total. The molecule has 0 saturated carbocycles. The molecule has 0 unspecified atom stereocenters. The molecule has 0 amide bonds. The Morgan fingerprint density at radius 1 is 1.83 bits per heavy atom. The quantitative estimate of drug-likeness (QED) is 0.351. The van der Waals surface area contributed by atoms with E-state index < -0.39 is 5.97 Å². The summed E-state index contributed by atoms with van der Waals surface area (Å²) in [6.07, 6.45) is 3.62. The van der Waals surface area contributed by atoms with Crippen LogP contribution in [0.2, 0.25) is 0 Å². The number of hydrogen-bond donors (Lipinski definition) is 0. The molecular formula is C7H8N2O3. The van der Waals surface area contributed by atoms with Crippen molar-refractivity contribution in [1.82, 2.24) is 4.98 Å². The lowest BCUT2D eigenvalue weighted by Gasteiger charge is -2.01. The van der Waals surface area contributed by atoms with Crippen molar-refractivity contribution in [2.24, 2.45) is 0 Å². The number of carbonyl (C=O) groups is 1. The minimum Gasteiger partial charge on any atom is -0.618 e. The van der Waals surface area contributed by atoms with E-state index in [1.54, 1.807) is 6.92 Å². The molecule has 0 bridgehead atoms. The molecule has 1 aromatic rings. The molecule has 0 aromatic carbocycles. The molecule has 0 aliphatic carbocycles. The predicted octanol–water partition coefficient (Wildman–Crippen LogP) is -0.108. The topological polar surface area (TPSA) is 66.1 Å². The molecule has 0 spiro atoms. The molecule has 1 aromatic heterocycles. The van der Waals surface area contributed by atoms with Crippen molar-refractivity contribution in [3.8, 4) is 0 Å². The average Bonchev–Trinajstić information content (AvgIpc) is 2.05. The van der Waals surface area contributed by atoms with Gasteiger partial charge >= 0.3 is 11.7 Å². The molecule has 12 heavy (non-hydrogen) atoms. The van der Waals surface area contributed by atoms with Crippen LogP contribution in [-0.4, -0.2) is 17.6 Å². The molecule has 1 rings (SSSR count). The van der Waals surface area contributed by atoms with Gasteiger partial charge in [0.25, 0.3) is 0 Å². The zero-order valence-electron chi connectivity index (χ0n) is 6.56. The average molecular weight is 168 g/mol. The molecule has 0 aliphatic rings. The Balaban J connectivity index is 2.87. The van der Waals surface area contributed by atoms with Gasteiger partial charge < -0.3 is 9.94 Å². The van der Waals surface area contributed by atoms with Crippen molar-refractivity contribution in [1.29, 1.82) is 0 Å². The maximum Gasteiger partial charge on any atom is 0.406 e. The van der Waals surface area contributed by atoms with E-state index in [1.165, 1.54) is 12.4 Å². The zero-order valence-corrected chi connectivity index (χ0v) is 6.56. The van der Waals surface area contributed by atoms with E-state index in [1.807, 2.05) is 0 Å². The summed E-state index contributed by atoms with van der Waals surface area (Å²) in [5, 5.41) is 10.9. The van der Waals surface area contributed by atoms with Crippen LogP contribution in [0.1, 0.15) is 17.4 Å². The van der Waals surface area contributed by atoms with Crippen LogP contribution in [0, 0.1) is 5.21 Å². The highest BCUT2D eigenvalue weighted by Crippen LogP contribution is 1.91. The van der Waals surface area contributed by atoms with E-state index in [-0.39, 0.29) is 12.3 Å². The zero-order chi connectivity index (χ0) is 8.97. The Morgan fingerprint density at radius 2 is 2.58 bits per heavy atom. The van der Waals surface area contributed by atoms with Crippen LogP contribution in [0.25, 0.3) is 0 Å². The predicted molar refractivity (Wildman–Crippen MR) is 39.2 cm³/mol. The fourth-order valence-corrected chi connectivity index (χ4v) is 0.698. The van der Waals surface area contributed by atoms with Gasteiger partial charge in [0.2, 0.25) is 0 Å². The summed E-state index contributed by atoms with van der Waals surface area (Å²) in [5.74, 6) is -0.652. The molecular weight excluding hydrogens is 160 g/mol. The summed E-state index contributed by atoms with van der Waals surface area (Å²) in [6, 6.07) is 0. The third-order valence-corrected chi connectivity index (χ3v) is 1.21. The summed E-state index contributed by atoms with van der Waals surface area (Å²) < 4.78 is 5.03. The first-order valence-electron chi connectivity index (χ1n) is 3.46. The van der Waals surface area contributed by atoms with E-state index in [0.717, 1.165) is 6.20 Å². The van der Waals surface area contributed by atoms with Gasteiger partial charge in [-0.15, -0.1) is 0 Å². The van der Waals surface area contributed by atoms with E-state index in [0.29, 0.717) is 4.73 Å². The Hall–Kier alpha value is -1.65. The summed E-state index contributed by atoms with van der Waals surface area (Å²) in [7, 11) is 0. The normalized spacial score (nSPS) is 9.42. The smallest absolute Gasteiger partial charge is 0.406 e. The first-order chi connectivity index (χ1) is 5.75. The van der Waals surface area contributed by atoms with Crippen LogP contribution in [-0.2, 0) is 4.74 Å². The SMILES string of the molecule is CCOC(=O)c1cncc[n+]1[O-]. The Kier molecular flexibility index (Phi) is 2.57. The second-order valence-electron chi connectivity index (χ2n) is 2.01. The molecule has 5 nitrogen and oxygen atoms in total. The molecule has 0 fully saturated rings. The standard InChI is InChI=1S/C7H8N2O3/c1-2-12-7(10)6-5-8-3-4-9(6)11/h3-5H,2H2,1H3. The molecule has 0 aliphatic heterocycles. The van der Waals surface area contributed by atoms with Crippen LogP contribution >= 0.6 is 0 Å². The maximum atomic E-state index is 11.0. The lowest BCUT2D eigenvalue weighted by molar-refractivity contribution is -0.609. The van der Waals surface area contributed by atoms with Gasteiger partial charge in [-0.25, -0.2) is 4.79 Å². The van der Waals surface area contributed by atoms with Crippen molar-refractivity contribution in [3.05, 3.63) is 29.5 Å². The molecule has 0 saturated heterocycles. The van der Waals surface area contributed by atoms with Gasteiger partial charge in [-0.1, -0.05) is 0 Å². The van der Waals surface area contributed by atoms with E-state index in [9.17, 15) is 10.0 Å². The summed E-state index contributed by atoms with van der Waals surface area (Å²) >= 11 is 0. The summed E-state index contributed by atoms with van der Waals surface area (Å²) in [5.41, 5.74) is -0.0978. The number of aromatic nitrogens is 2. The third kappa shape index (κ3) is 1.69. The van der Waals surface area contributed by atoms with E-state index in [2.05, 4.69) is 9.72 Å². The van der Waals surface area contributed by atoms with Crippen molar-refractivity contribution < 1.29 is 14.3 Å². The van der Waals surface area contributed by atoms with Gasteiger partial charge in [0.15, 0.2) is 6.20 Å². The molecule has 1 heterocycles. The van der Waals surface area contributed by atoms with Crippen molar-refractivity contribution >= 4 is 5.97 Å². The van der Waals surface area contributed by atoms with Crippen LogP contribution in [0.3, 0.4) is 0 Å². The lowest BCUT2D eigenvalue weighted by Crippen LogP contribution is -2.35. The first-order valence-corrected chi connectivity index (χ1v) is 3.46. The molecule has 64 valence electrons. The number of nitrogens with zero attached hydrogens (tertiary/aromatic N) is 2. The largest absolute Gasteiger partial charge is 0.618 e. The first kappa shape index (κ1) is 8.45. The lowest BCUT2D eigenvalue weighted by atomic mass is 10.4. The molecule has 0 radical (unpaired) electrons. The van der Waals surface area contributed by atoms with E-state index >= 15 is 0 Å². The van der Waals surface area contributed by atoms with Crippen LogP contribution < -0.4 is 4.73 Å². The van der Waals surface area contributed by atoms with Gasteiger partial charge in [-0.2, -0.15) is 4.73 Å². The van der Waals surface area contributed by atoms with Gasteiger partial charge in [-0.05, 0) is 6.92 Å². The maximum absolute atomic E-state index is 11.0. The van der Waals surface area contributed by atoms with Gasteiger partial charge in [0.1, 0.15) is 6.20 Å². The van der Waals surface area contributed by atoms with Crippen molar-refractivity contribution in [2.75, 3.05) is 6.61 Å². The summed E-state index contributed by atoms with van der Waals surface area (Å²) in [6.45, 7) is 1.91. The minimum atomic E-state index is -0.652. The van der Waals surface area contributed by atoms with Crippen LogP contribution in [0.4, 0.5) is 0 Å². The van der Waals surface area contributed by atoms with Gasteiger partial charge in [-0.3, -0.25) is 4.98 Å². The Bertz CT molecular complexity index is 288. The Morgan fingerprint density at radius 3 is 3.17 bits per heavy atom. The second kappa shape index (κ2) is 3.66. The third-order valence-electron chi connectivity index (χ3n) is 1.21. The number of hydrogen-bond acceptors (Lipinski definition) is 4. The van der Waals surface area contributed by atoms with Crippen LogP contribution in [0.5, 0.6) is 0 Å².